The lowest BCUT2D eigenvalue weighted by Gasteiger charge is -2.05. The van der Waals surface area contributed by atoms with Crippen LogP contribution in [0.5, 0.6) is 0 Å². The van der Waals surface area contributed by atoms with Crippen molar-refractivity contribution in [2.75, 3.05) is 5.73 Å². The van der Waals surface area contributed by atoms with Crippen molar-refractivity contribution in [3.63, 3.8) is 0 Å². The van der Waals surface area contributed by atoms with Crippen molar-refractivity contribution in [3.05, 3.63) is 29.3 Å². The Morgan fingerprint density at radius 3 is 2.62 bits per heavy atom. The van der Waals surface area contributed by atoms with Crippen molar-refractivity contribution in [2.45, 2.75) is 45.4 Å². The SMILES string of the molecule is CCCCCCCc1ccc(N)c(C=N)c1. The van der Waals surface area contributed by atoms with Gasteiger partial charge in [-0.2, -0.15) is 0 Å². The zero-order valence-electron chi connectivity index (χ0n) is 10.1. The van der Waals surface area contributed by atoms with E-state index in [-0.39, 0.29) is 0 Å². The summed E-state index contributed by atoms with van der Waals surface area (Å²) in [4.78, 5) is 0. The highest BCUT2D eigenvalue weighted by Crippen LogP contribution is 2.14. The molecule has 3 N–H and O–H groups in total. The second-order valence-corrected chi connectivity index (χ2v) is 4.27. The highest BCUT2D eigenvalue weighted by Gasteiger charge is 1.98. The number of anilines is 1. The molecule has 0 aliphatic heterocycles. The second kappa shape index (κ2) is 7.04. The number of unbranched alkanes of at least 4 members (excludes halogenated alkanes) is 4. The number of rotatable bonds is 7. The quantitative estimate of drug-likeness (QED) is 0.408. The van der Waals surface area contributed by atoms with Gasteiger partial charge in [0.05, 0.1) is 0 Å². The molecule has 0 unspecified atom stereocenters. The molecule has 1 aromatic rings. The van der Waals surface area contributed by atoms with Crippen molar-refractivity contribution in [1.82, 2.24) is 0 Å². The summed E-state index contributed by atoms with van der Waals surface area (Å²) in [6.07, 6.45) is 8.94. The summed E-state index contributed by atoms with van der Waals surface area (Å²) in [6.45, 7) is 2.23. The third-order valence-electron chi connectivity index (χ3n) is 2.88. The maximum Gasteiger partial charge on any atom is 0.0403 e. The minimum Gasteiger partial charge on any atom is -0.398 e. The van der Waals surface area contributed by atoms with E-state index in [9.17, 15) is 0 Å². The van der Waals surface area contributed by atoms with Gasteiger partial charge in [0.2, 0.25) is 0 Å². The van der Waals surface area contributed by atoms with Gasteiger partial charge in [0.1, 0.15) is 0 Å². The zero-order chi connectivity index (χ0) is 11.8. The van der Waals surface area contributed by atoms with Crippen LogP contribution in [0.15, 0.2) is 18.2 Å². The summed E-state index contributed by atoms with van der Waals surface area (Å²) in [5.74, 6) is 0. The van der Waals surface area contributed by atoms with Crippen LogP contribution in [-0.4, -0.2) is 6.21 Å². The van der Waals surface area contributed by atoms with E-state index < -0.39 is 0 Å². The van der Waals surface area contributed by atoms with Gasteiger partial charge in [-0.1, -0.05) is 38.7 Å². The molecule has 0 saturated heterocycles. The van der Waals surface area contributed by atoms with Gasteiger partial charge in [0.25, 0.3) is 0 Å². The summed E-state index contributed by atoms with van der Waals surface area (Å²) >= 11 is 0. The third kappa shape index (κ3) is 4.05. The molecule has 0 aliphatic rings. The molecule has 0 radical (unpaired) electrons. The van der Waals surface area contributed by atoms with E-state index in [2.05, 4.69) is 13.0 Å². The molecule has 0 aromatic heterocycles. The van der Waals surface area contributed by atoms with Crippen molar-refractivity contribution in [3.8, 4) is 0 Å². The van der Waals surface area contributed by atoms with E-state index in [1.54, 1.807) is 0 Å². The van der Waals surface area contributed by atoms with E-state index in [1.807, 2.05) is 12.1 Å². The molecule has 0 spiro atoms. The van der Waals surface area contributed by atoms with Crippen molar-refractivity contribution in [2.24, 2.45) is 0 Å². The first-order valence-electron chi connectivity index (χ1n) is 6.16. The number of nitrogens with one attached hydrogen (secondary N) is 1. The van der Waals surface area contributed by atoms with Gasteiger partial charge < -0.3 is 11.1 Å². The number of nitrogen functional groups attached to an aromatic ring is 1. The third-order valence-corrected chi connectivity index (χ3v) is 2.88. The van der Waals surface area contributed by atoms with E-state index >= 15 is 0 Å². The Hall–Kier alpha value is -1.31. The molecule has 0 aliphatic carbocycles. The lowest BCUT2D eigenvalue weighted by Crippen LogP contribution is -1.95. The molecule has 1 aromatic carbocycles. The molecule has 1 rings (SSSR count). The van der Waals surface area contributed by atoms with Crippen LogP contribution >= 0.6 is 0 Å². The van der Waals surface area contributed by atoms with E-state index in [0.29, 0.717) is 5.69 Å². The monoisotopic (exact) mass is 218 g/mol. The van der Waals surface area contributed by atoms with Crippen LogP contribution in [0.25, 0.3) is 0 Å². The summed E-state index contributed by atoms with van der Waals surface area (Å²) in [6, 6.07) is 6.01. The molecule has 88 valence electrons. The topological polar surface area (TPSA) is 49.9 Å². The Labute approximate surface area is 98.4 Å². The molecule has 2 nitrogen and oxygen atoms in total. The van der Waals surface area contributed by atoms with E-state index in [1.165, 1.54) is 43.9 Å². The highest BCUT2D eigenvalue weighted by molar-refractivity contribution is 5.85. The normalized spacial score (nSPS) is 10.3. The average molecular weight is 218 g/mol. The van der Waals surface area contributed by atoms with Gasteiger partial charge in [-0.15, -0.1) is 0 Å². The fourth-order valence-electron chi connectivity index (χ4n) is 1.84. The molecule has 0 atom stereocenters. The maximum absolute atomic E-state index is 7.24. The van der Waals surface area contributed by atoms with Gasteiger partial charge in [0.15, 0.2) is 0 Å². The van der Waals surface area contributed by atoms with Crippen molar-refractivity contribution >= 4 is 11.9 Å². The summed E-state index contributed by atoms with van der Waals surface area (Å²) < 4.78 is 0. The molecule has 0 bridgehead atoms. The Balaban J connectivity index is 2.39. The Bertz CT molecular complexity index is 332. The van der Waals surface area contributed by atoms with Crippen LogP contribution in [0.3, 0.4) is 0 Å². The molecule has 0 saturated carbocycles. The Kier molecular flexibility index (Phi) is 5.62. The Morgan fingerprint density at radius 1 is 1.19 bits per heavy atom. The first-order valence-corrected chi connectivity index (χ1v) is 6.16. The lowest BCUT2D eigenvalue weighted by atomic mass is 10.0. The molecular formula is C14H22N2. The second-order valence-electron chi connectivity index (χ2n) is 4.27. The van der Waals surface area contributed by atoms with Crippen LogP contribution < -0.4 is 5.73 Å². The van der Waals surface area contributed by atoms with Gasteiger partial charge in [-0.3, -0.25) is 0 Å². The van der Waals surface area contributed by atoms with Crippen LogP contribution in [0.4, 0.5) is 5.69 Å². The standard InChI is InChI=1S/C14H22N2/c1-2-3-4-5-6-7-12-8-9-14(16)13(10-12)11-15/h8-11,15H,2-7,16H2,1H3. The molecule has 0 heterocycles. The summed E-state index contributed by atoms with van der Waals surface area (Å²) in [7, 11) is 0. The van der Waals surface area contributed by atoms with Crippen LogP contribution in [0, 0.1) is 5.41 Å². The van der Waals surface area contributed by atoms with Crippen LogP contribution in [0.2, 0.25) is 0 Å². The fourth-order valence-corrected chi connectivity index (χ4v) is 1.84. The zero-order valence-corrected chi connectivity index (χ0v) is 10.1. The van der Waals surface area contributed by atoms with Crippen molar-refractivity contribution < 1.29 is 0 Å². The summed E-state index contributed by atoms with van der Waals surface area (Å²) in [5, 5.41) is 7.24. The van der Waals surface area contributed by atoms with Gasteiger partial charge in [0, 0.05) is 17.5 Å². The molecule has 0 fully saturated rings. The molecule has 0 amide bonds. The van der Waals surface area contributed by atoms with E-state index in [4.69, 9.17) is 11.1 Å². The number of hydrogen-bond donors (Lipinski definition) is 2. The predicted octanol–water partition coefficient (Wildman–Crippen LogP) is 3.78. The minimum absolute atomic E-state index is 0.699. The number of hydrogen-bond acceptors (Lipinski definition) is 2. The number of benzene rings is 1. The van der Waals surface area contributed by atoms with Crippen molar-refractivity contribution in [1.29, 1.82) is 5.41 Å². The largest absolute Gasteiger partial charge is 0.398 e. The Morgan fingerprint density at radius 2 is 1.94 bits per heavy atom. The number of aryl methyl sites for hydroxylation is 1. The van der Waals surface area contributed by atoms with Crippen LogP contribution in [-0.2, 0) is 6.42 Å². The predicted molar refractivity (Wildman–Crippen MR) is 71.2 cm³/mol. The van der Waals surface area contributed by atoms with Gasteiger partial charge in [-0.25, -0.2) is 0 Å². The first-order chi connectivity index (χ1) is 7.77. The minimum atomic E-state index is 0.699. The van der Waals surface area contributed by atoms with Gasteiger partial charge in [-0.05, 0) is 30.5 Å². The lowest BCUT2D eigenvalue weighted by molar-refractivity contribution is 0.632. The summed E-state index contributed by atoms with van der Waals surface area (Å²) in [5.41, 5.74) is 8.58. The molecule has 16 heavy (non-hydrogen) atoms. The van der Waals surface area contributed by atoms with Crippen LogP contribution in [0.1, 0.15) is 50.2 Å². The number of nitrogens with two attached hydrogens (primary N) is 1. The van der Waals surface area contributed by atoms with Gasteiger partial charge >= 0.3 is 0 Å². The average Bonchev–Trinajstić information content (AvgIpc) is 2.31. The highest BCUT2D eigenvalue weighted by atomic mass is 14.6. The maximum atomic E-state index is 7.24. The fraction of sp³-hybridized carbons (Fsp3) is 0.500. The van der Waals surface area contributed by atoms with E-state index in [0.717, 1.165) is 12.0 Å². The smallest absolute Gasteiger partial charge is 0.0403 e. The molecular weight excluding hydrogens is 196 g/mol. The first kappa shape index (κ1) is 12.8. The molecule has 2 heteroatoms.